The van der Waals surface area contributed by atoms with Gasteiger partial charge < -0.3 is 5.32 Å². The van der Waals surface area contributed by atoms with E-state index in [1.165, 1.54) is 6.92 Å². The van der Waals surface area contributed by atoms with Gasteiger partial charge in [0.15, 0.2) is 0 Å². The Balaban J connectivity index is 2.84. The Hall–Kier alpha value is -1.09. The summed E-state index contributed by atoms with van der Waals surface area (Å²) >= 11 is 5.85. The Kier molecular flexibility index (Phi) is 3.47. The molecular weight excluding hydrogens is 202 g/mol. The lowest BCUT2D eigenvalue weighted by Crippen LogP contribution is -2.27. The van der Waals surface area contributed by atoms with Crippen molar-refractivity contribution in [3.05, 3.63) is 22.4 Å². The van der Waals surface area contributed by atoms with Gasteiger partial charge in [0.25, 0.3) is 0 Å². The highest BCUT2D eigenvalue weighted by atomic mass is 35.5. The van der Waals surface area contributed by atoms with E-state index >= 15 is 0 Å². The summed E-state index contributed by atoms with van der Waals surface area (Å²) in [5.74, 6) is -0.543. The van der Waals surface area contributed by atoms with Crippen LogP contribution in [0.5, 0.6) is 0 Å². The first-order valence-electron chi connectivity index (χ1n) is 4.46. The van der Waals surface area contributed by atoms with Gasteiger partial charge in [-0.2, -0.15) is 0 Å². The Morgan fingerprint density at radius 2 is 2.29 bits per heavy atom. The van der Waals surface area contributed by atoms with Crippen molar-refractivity contribution < 1.29 is 9.59 Å². The monoisotopic (exact) mass is 213 g/mol. The maximum atomic E-state index is 11.6. The van der Waals surface area contributed by atoms with Crippen LogP contribution in [0.4, 0.5) is 0 Å². The van der Waals surface area contributed by atoms with Crippen LogP contribution in [0.3, 0.4) is 0 Å². The second-order valence-corrected chi connectivity index (χ2v) is 3.48. The maximum Gasteiger partial charge on any atom is 0.221 e. The van der Waals surface area contributed by atoms with Gasteiger partial charge in [-0.05, 0) is 18.4 Å². The van der Waals surface area contributed by atoms with Gasteiger partial charge in [0.05, 0.1) is 10.7 Å². The Labute approximate surface area is 87.8 Å². The summed E-state index contributed by atoms with van der Waals surface area (Å²) in [6.45, 7) is 3.31. The minimum atomic E-state index is -0.287. The molecule has 0 aromatic carbocycles. The van der Waals surface area contributed by atoms with Gasteiger partial charge in [0, 0.05) is 6.92 Å². The van der Waals surface area contributed by atoms with Gasteiger partial charge in [0.1, 0.15) is 0 Å². The van der Waals surface area contributed by atoms with Crippen molar-refractivity contribution in [1.82, 2.24) is 5.32 Å². The van der Waals surface area contributed by atoms with Crippen molar-refractivity contribution in [2.24, 2.45) is 0 Å². The number of halogens is 1. The van der Waals surface area contributed by atoms with Crippen LogP contribution in [-0.4, -0.2) is 11.7 Å². The summed E-state index contributed by atoms with van der Waals surface area (Å²) in [4.78, 5) is 22.3. The SMILES string of the molecule is CCC1=C(Cl)C(=O)C(NC(C)=O)=CC1. The number of rotatable bonds is 2. The zero-order valence-electron chi connectivity index (χ0n) is 8.19. The van der Waals surface area contributed by atoms with Crippen LogP contribution >= 0.6 is 11.6 Å². The van der Waals surface area contributed by atoms with E-state index in [0.717, 1.165) is 12.0 Å². The van der Waals surface area contributed by atoms with E-state index in [2.05, 4.69) is 5.32 Å². The molecule has 0 aromatic heterocycles. The third-order valence-electron chi connectivity index (χ3n) is 2.04. The normalized spacial score (nSPS) is 16.8. The highest BCUT2D eigenvalue weighted by molar-refractivity contribution is 6.45. The van der Waals surface area contributed by atoms with E-state index < -0.39 is 0 Å². The third-order valence-corrected chi connectivity index (χ3v) is 2.48. The summed E-state index contributed by atoms with van der Waals surface area (Å²) in [6.07, 6.45) is 3.10. The molecule has 1 aliphatic carbocycles. The van der Waals surface area contributed by atoms with E-state index in [1.807, 2.05) is 6.92 Å². The summed E-state index contributed by atoms with van der Waals surface area (Å²) in [6, 6.07) is 0. The lowest BCUT2D eigenvalue weighted by molar-refractivity contribution is -0.120. The number of carbonyl (C=O) groups excluding carboxylic acids is 2. The van der Waals surface area contributed by atoms with Crippen LogP contribution in [0.15, 0.2) is 22.4 Å². The van der Waals surface area contributed by atoms with Gasteiger partial charge in [-0.1, -0.05) is 24.6 Å². The van der Waals surface area contributed by atoms with Crippen LogP contribution in [-0.2, 0) is 9.59 Å². The molecule has 3 nitrogen and oxygen atoms in total. The highest BCUT2D eigenvalue weighted by Crippen LogP contribution is 2.25. The molecule has 1 aliphatic rings. The molecule has 0 fully saturated rings. The number of carbonyl (C=O) groups is 2. The Morgan fingerprint density at radius 1 is 1.64 bits per heavy atom. The fourth-order valence-corrected chi connectivity index (χ4v) is 1.60. The number of nitrogens with one attached hydrogen (secondary N) is 1. The van der Waals surface area contributed by atoms with Crippen LogP contribution < -0.4 is 5.32 Å². The van der Waals surface area contributed by atoms with Crippen molar-refractivity contribution in [3.8, 4) is 0 Å². The average Bonchev–Trinajstić information content (AvgIpc) is 2.13. The van der Waals surface area contributed by atoms with E-state index in [-0.39, 0.29) is 16.7 Å². The zero-order chi connectivity index (χ0) is 10.7. The topological polar surface area (TPSA) is 46.2 Å². The number of hydrogen-bond acceptors (Lipinski definition) is 2. The largest absolute Gasteiger partial charge is 0.323 e. The van der Waals surface area contributed by atoms with Gasteiger partial charge in [-0.3, -0.25) is 9.59 Å². The zero-order valence-corrected chi connectivity index (χ0v) is 8.94. The van der Waals surface area contributed by atoms with Crippen LogP contribution in [0.25, 0.3) is 0 Å². The molecule has 0 atom stereocenters. The van der Waals surface area contributed by atoms with E-state index in [0.29, 0.717) is 12.1 Å². The molecule has 1 amide bonds. The summed E-state index contributed by atoms with van der Waals surface area (Å²) in [5.41, 5.74) is 1.21. The molecule has 0 aromatic rings. The fraction of sp³-hybridized carbons (Fsp3) is 0.400. The number of allylic oxidation sites excluding steroid dienone is 3. The van der Waals surface area contributed by atoms with Crippen molar-refractivity contribution in [2.45, 2.75) is 26.7 Å². The Bertz CT molecular complexity index is 342. The smallest absolute Gasteiger partial charge is 0.221 e. The molecule has 76 valence electrons. The van der Waals surface area contributed by atoms with E-state index in [4.69, 9.17) is 11.6 Å². The van der Waals surface area contributed by atoms with Gasteiger partial charge >= 0.3 is 0 Å². The molecule has 1 rings (SSSR count). The first-order valence-corrected chi connectivity index (χ1v) is 4.84. The van der Waals surface area contributed by atoms with Crippen molar-refractivity contribution in [3.63, 3.8) is 0 Å². The molecular formula is C10H12ClNO2. The standard InChI is InChI=1S/C10H12ClNO2/c1-3-7-4-5-8(12-6(2)13)10(14)9(7)11/h5H,3-4H2,1-2H3,(H,12,13). The van der Waals surface area contributed by atoms with Crippen LogP contribution in [0, 0.1) is 0 Å². The second kappa shape index (κ2) is 4.42. The minimum absolute atomic E-state index is 0.249. The first-order chi connectivity index (χ1) is 6.56. The molecule has 0 saturated heterocycles. The van der Waals surface area contributed by atoms with Crippen molar-refractivity contribution >= 4 is 23.3 Å². The van der Waals surface area contributed by atoms with Crippen LogP contribution in [0.1, 0.15) is 26.7 Å². The molecule has 4 heteroatoms. The quantitative estimate of drug-likeness (QED) is 0.762. The lowest BCUT2D eigenvalue weighted by Gasteiger charge is -2.14. The fourth-order valence-electron chi connectivity index (χ4n) is 1.28. The molecule has 1 N–H and O–H groups in total. The molecule has 0 bridgehead atoms. The highest BCUT2D eigenvalue weighted by Gasteiger charge is 2.21. The predicted molar refractivity (Wildman–Crippen MR) is 54.7 cm³/mol. The Morgan fingerprint density at radius 3 is 2.79 bits per heavy atom. The van der Waals surface area contributed by atoms with Crippen molar-refractivity contribution in [2.75, 3.05) is 0 Å². The van der Waals surface area contributed by atoms with Crippen LogP contribution in [0.2, 0.25) is 0 Å². The maximum absolute atomic E-state index is 11.6. The average molecular weight is 214 g/mol. The molecule has 0 spiro atoms. The lowest BCUT2D eigenvalue weighted by atomic mass is 10.0. The summed E-state index contributed by atoms with van der Waals surface area (Å²) in [7, 11) is 0. The molecule has 0 aliphatic heterocycles. The molecule has 14 heavy (non-hydrogen) atoms. The second-order valence-electron chi connectivity index (χ2n) is 3.10. The van der Waals surface area contributed by atoms with E-state index in [9.17, 15) is 9.59 Å². The van der Waals surface area contributed by atoms with Gasteiger partial charge in [0.2, 0.25) is 11.7 Å². The van der Waals surface area contributed by atoms with Gasteiger partial charge in [-0.15, -0.1) is 0 Å². The minimum Gasteiger partial charge on any atom is -0.323 e. The molecule has 0 heterocycles. The van der Waals surface area contributed by atoms with Gasteiger partial charge in [-0.25, -0.2) is 0 Å². The number of hydrogen-bond donors (Lipinski definition) is 1. The third kappa shape index (κ3) is 2.23. The molecule has 0 unspecified atom stereocenters. The van der Waals surface area contributed by atoms with Crippen molar-refractivity contribution in [1.29, 1.82) is 0 Å². The first kappa shape index (κ1) is 11.0. The number of amides is 1. The molecule has 0 radical (unpaired) electrons. The van der Waals surface area contributed by atoms with E-state index in [1.54, 1.807) is 6.08 Å². The number of Topliss-reactive ketones (excluding diaryl/α,β-unsaturated/α-hetero) is 1. The number of ketones is 1. The predicted octanol–water partition coefficient (Wildman–Crippen LogP) is 1.88. The summed E-state index contributed by atoms with van der Waals surface area (Å²) < 4.78 is 0. The summed E-state index contributed by atoms with van der Waals surface area (Å²) in [5, 5.41) is 2.71. The molecule has 0 saturated carbocycles.